The minimum Gasteiger partial charge on any atom is -0.399 e. The smallest absolute Gasteiger partial charge is 0.0536 e. The molecule has 92 valence electrons. The first-order chi connectivity index (χ1) is 8.74. The van der Waals surface area contributed by atoms with Gasteiger partial charge >= 0.3 is 0 Å². The second-order valence-corrected chi connectivity index (χ2v) is 6.18. The van der Waals surface area contributed by atoms with E-state index in [1.807, 2.05) is 18.2 Å². The molecule has 0 radical (unpaired) electrons. The Kier molecular flexibility index (Phi) is 2.92. The Morgan fingerprint density at radius 3 is 2.78 bits per heavy atom. The standard InChI is InChI=1S/C15H15NOS/c16-13-5-3-6-14(9-13)18(17)10-12-8-11-4-1-2-7-15(11)12/h1-7,9,12H,8,10,16H2. The summed E-state index contributed by atoms with van der Waals surface area (Å²) in [6.45, 7) is 0. The highest BCUT2D eigenvalue weighted by Gasteiger charge is 2.27. The topological polar surface area (TPSA) is 43.1 Å². The van der Waals surface area contributed by atoms with Gasteiger partial charge in [0.15, 0.2) is 0 Å². The van der Waals surface area contributed by atoms with Crippen LogP contribution in [0, 0.1) is 0 Å². The second kappa shape index (κ2) is 4.58. The number of nitrogen functional groups attached to an aromatic ring is 1. The van der Waals surface area contributed by atoms with E-state index in [2.05, 4.69) is 24.3 Å². The second-order valence-electron chi connectivity index (χ2n) is 4.68. The highest BCUT2D eigenvalue weighted by atomic mass is 32.2. The number of rotatable bonds is 3. The molecule has 0 saturated heterocycles. The van der Waals surface area contributed by atoms with Gasteiger partial charge in [0, 0.05) is 22.3 Å². The van der Waals surface area contributed by atoms with Gasteiger partial charge in [0.2, 0.25) is 0 Å². The molecular weight excluding hydrogens is 242 g/mol. The molecule has 0 amide bonds. The van der Waals surface area contributed by atoms with Gasteiger partial charge in [0.05, 0.1) is 10.8 Å². The molecule has 0 heterocycles. The predicted molar refractivity (Wildman–Crippen MR) is 75.0 cm³/mol. The van der Waals surface area contributed by atoms with E-state index in [0.29, 0.717) is 17.4 Å². The Labute approximate surface area is 109 Å². The molecule has 0 saturated carbocycles. The van der Waals surface area contributed by atoms with Crippen LogP contribution in [0.5, 0.6) is 0 Å². The predicted octanol–water partition coefficient (Wildman–Crippen LogP) is 2.72. The van der Waals surface area contributed by atoms with Gasteiger partial charge in [-0.05, 0) is 35.7 Å². The van der Waals surface area contributed by atoms with Crippen LogP contribution in [0.25, 0.3) is 0 Å². The fraction of sp³-hybridized carbons (Fsp3) is 0.200. The highest BCUT2D eigenvalue weighted by molar-refractivity contribution is 7.85. The van der Waals surface area contributed by atoms with Gasteiger partial charge in [-0.15, -0.1) is 0 Å². The molecule has 2 nitrogen and oxygen atoms in total. The largest absolute Gasteiger partial charge is 0.399 e. The lowest BCUT2D eigenvalue weighted by atomic mass is 9.79. The van der Waals surface area contributed by atoms with E-state index in [0.717, 1.165) is 11.3 Å². The summed E-state index contributed by atoms with van der Waals surface area (Å²) >= 11 is 0. The molecule has 0 fully saturated rings. The SMILES string of the molecule is Nc1cccc(S(=O)CC2Cc3ccccc32)c1. The van der Waals surface area contributed by atoms with E-state index in [4.69, 9.17) is 5.73 Å². The first kappa shape index (κ1) is 11.5. The first-order valence-electron chi connectivity index (χ1n) is 6.06. The number of benzene rings is 2. The van der Waals surface area contributed by atoms with Crippen molar-refractivity contribution in [2.75, 3.05) is 11.5 Å². The molecule has 0 aromatic heterocycles. The molecule has 2 N–H and O–H groups in total. The van der Waals surface area contributed by atoms with Crippen LogP contribution in [0.4, 0.5) is 5.69 Å². The van der Waals surface area contributed by atoms with Crippen molar-refractivity contribution >= 4 is 16.5 Å². The van der Waals surface area contributed by atoms with Gasteiger partial charge in [0.25, 0.3) is 0 Å². The van der Waals surface area contributed by atoms with Crippen molar-refractivity contribution in [1.82, 2.24) is 0 Å². The van der Waals surface area contributed by atoms with Gasteiger partial charge in [0.1, 0.15) is 0 Å². The minimum atomic E-state index is -0.960. The summed E-state index contributed by atoms with van der Waals surface area (Å²) in [5.41, 5.74) is 9.14. The van der Waals surface area contributed by atoms with Crippen LogP contribution in [-0.4, -0.2) is 9.96 Å². The maximum atomic E-state index is 12.3. The number of fused-ring (bicyclic) bond motifs is 1. The van der Waals surface area contributed by atoms with Gasteiger partial charge in [-0.3, -0.25) is 4.21 Å². The Balaban J connectivity index is 1.74. The molecular formula is C15H15NOS. The van der Waals surface area contributed by atoms with Crippen LogP contribution in [-0.2, 0) is 17.2 Å². The van der Waals surface area contributed by atoms with E-state index in [1.54, 1.807) is 6.07 Å². The lowest BCUT2D eigenvalue weighted by Crippen LogP contribution is -2.22. The van der Waals surface area contributed by atoms with Crippen LogP contribution in [0.2, 0.25) is 0 Å². The summed E-state index contributed by atoms with van der Waals surface area (Å²) in [4.78, 5) is 0.833. The van der Waals surface area contributed by atoms with Crippen LogP contribution in [0.3, 0.4) is 0 Å². The summed E-state index contributed by atoms with van der Waals surface area (Å²) < 4.78 is 12.3. The van der Waals surface area contributed by atoms with Crippen molar-refractivity contribution in [3.05, 3.63) is 59.7 Å². The zero-order valence-electron chi connectivity index (χ0n) is 10.0. The lowest BCUT2D eigenvalue weighted by molar-refractivity contribution is 0.644. The molecule has 2 atom stereocenters. The number of hydrogen-bond donors (Lipinski definition) is 1. The monoisotopic (exact) mass is 257 g/mol. The van der Waals surface area contributed by atoms with E-state index in [-0.39, 0.29) is 0 Å². The molecule has 3 rings (SSSR count). The minimum absolute atomic E-state index is 0.434. The summed E-state index contributed by atoms with van der Waals surface area (Å²) in [5, 5.41) is 0. The van der Waals surface area contributed by atoms with Crippen LogP contribution in [0.1, 0.15) is 17.0 Å². The van der Waals surface area contributed by atoms with Gasteiger partial charge in [-0.1, -0.05) is 30.3 Å². The molecule has 1 aliphatic carbocycles. The van der Waals surface area contributed by atoms with Crippen molar-refractivity contribution in [3.8, 4) is 0 Å². The third-order valence-electron chi connectivity index (χ3n) is 3.43. The van der Waals surface area contributed by atoms with E-state index in [9.17, 15) is 4.21 Å². The average Bonchev–Trinajstić information content (AvgIpc) is 2.36. The third-order valence-corrected chi connectivity index (χ3v) is 4.92. The molecule has 2 aromatic rings. The summed E-state index contributed by atoms with van der Waals surface area (Å²) in [6.07, 6.45) is 1.05. The number of anilines is 1. The Hall–Kier alpha value is -1.61. The fourth-order valence-electron chi connectivity index (χ4n) is 2.45. The van der Waals surface area contributed by atoms with Crippen LogP contribution < -0.4 is 5.73 Å². The van der Waals surface area contributed by atoms with E-state index in [1.165, 1.54) is 11.1 Å². The van der Waals surface area contributed by atoms with Crippen molar-refractivity contribution in [2.24, 2.45) is 0 Å². The van der Waals surface area contributed by atoms with Crippen molar-refractivity contribution in [2.45, 2.75) is 17.2 Å². The Morgan fingerprint density at radius 1 is 1.17 bits per heavy atom. The number of hydrogen-bond acceptors (Lipinski definition) is 2. The van der Waals surface area contributed by atoms with Gasteiger partial charge < -0.3 is 5.73 Å². The zero-order valence-corrected chi connectivity index (χ0v) is 10.8. The fourth-order valence-corrected chi connectivity index (χ4v) is 3.80. The quantitative estimate of drug-likeness (QED) is 0.859. The summed E-state index contributed by atoms with van der Waals surface area (Å²) in [6, 6.07) is 15.8. The number of nitrogens with two attached hydrogens (primary N) is 1. The third kappa shape index (κ3) is 2.06. The van der Waals surface area contributed by atoms with E-state index >= 15 is 0 Å². The van der Waals surface area contributed by atoms with Crippen molar-refractivity contribution in [1.29, 1.82) is 0 Å². The van der Waals surface area contributed by atoms with E-state index < -0.39 is 10.8 Å². The molecule has 0 spiro atoms. The molecule has 2 aromatic carbocycles. The van der Waals surface area contributed by atoms with Gasteiger partial charge in [-0.25, -0.2) is 0 Å². The van der Waals surface area contributed by atoms with Crippen molar-refractivity contribution in [3.63, 3.8) is 0 Å². The molecule has 0 bridgehead atoms. The molecule has 18 heavy (non-hydrogen) atoms. The van der Waals surface area contributed by atoms with Crippen molar-refractivity contribution < 1.29 is 4.21 Å². The van der Waals surface area contributed by atoms with Crippen LogP contribution >= 0.6 is 0 Å². The normalized spacial score (nSPS) is 18.8. The Bertz CT molecular complexity index is 609. The molecule has 1 aliphatic rings. The molecule has 0 aliphatic heterocycles. The molecule has 2 unspecified atom stereocenters. The maximum Gasteiger partial charge on any atom is 0.0536 e. The van der Waals surface area contributed by atoms with Gasteiger partial charge in [-0.2, -0.15) is 0 Å². The summed E-state index contributed by atoms with van der Waals surface area (Å²) in [5.74, 6) is 1.13. The molecule has 3 heteroatoms. The van der Waals surface area contributed by atoms with Crippen LogP contribution in [0.15, 0.2) is 53.4 Å². The first-order valence-corrected chi connectivity index (χ1v) is 7.37. The maximum absolute atomic E-state index is 12.3. The lowest BCUT2D eigenvalue weighted by Gasteiger charge is -2.29. The zero-order chi connectivity index (χ0) is 12.5. The highest BCUT2D eigenvalue weighted by Crippen LogP contribution is 2.36. The Morgan fingerprint density at radius 2 is 2.00 bits per heavy atom. The average molecular weight is 257 g/mol. The summed E-state index contributed by atoms with van der Waals surface area (Å²) in [7, 11) is -0.960.